The molecule has 28 heavy (non-hydrogen) atoms. The van der Waals surface area contributed by atoms with Gasteiger partial charge in [-0.2, -0.15) is 0 Å². The van der Waals surface area contributed by atoms with Crippen molar-refractivity contribution in [1.29, 1.82) is 0 Å². The maximum Gasteiger partial charge on any atom is 0.309 e. The summed E-state index contributed by atoms with van der Waals surface area (Å²) >= 11 is 0. The van der Waals surface area contributed by atoms with Gasteiger partial charge in [0.05, 0.1) is 26.7 Å². The van der Waals surface area contributed by atoms with E-state index in [1.54, 1.807) is 14.2 Å². The number of carbonyl (C=O) groups is 1. The van der Waals surface area contributed by atoms with Gasteiger partial charge >= 0.3 is 5.97 Å². The molecule has 1 fully saturated rings. The standard InChI is InChI=1S/C22H24O6/c1-24-18-5-3-15(11-20(18)25-2)10-17-16(13-28-22(17)23)9-14-4-6-19-21(12-14)27-8-7-26-19/h3-6,11-12,16-17H,7-10,13H2,1-2H3. The Balaban J connectivity index is 1.49. The molecule has 0 aliphatic carbocycles. The predicted molar refractivity (Wildman–Crippen MR) is 102 cm³/mol. The van der Waals surface area contributed by atoms with Gasteiger partial charge in [-0.15, -0.1) is 0 Å². The molecule has 0 N–H and O–H groups in total. The van der Waals surface area contributed by atoms with Crippen molar-refractivity contribution in [3.8, 4) is 23.0 Å². The zero-order valence-corrected chi connectivity index (χ0v) is 16.1. The molecule has 148 valence electrons. The van der Waals surface area contributed by atoms with Gasteiger partial charge in [-0.25, -0.2) is 0 Å². The molecule has 2 aromatic carbocycles. The minimum absolute atomic E-state index is 0.114. The summed E-state index contributed by atoms with van der Waals surface area (Å²) in [4.78, 5) is 12.4. The van der Waals surface area contributed by atoms with Gasteiger partial charge in [0, 0.05) is 5.92 Å². The third-order valence-corrected chi connectivity index (χ3v) is 5.32. The van der Waals surface area contributed by atoms with E-state index in [-0.39, 0.29) is 17.8 Å². The lowest BCUT2D eigenvalue weighted by Crippen LogP contribution is -2.21. The maximum atomic E-state index is 12.4. The Hall–Kier alpha value is -2.89. The highest BCUT2D eigenvalue weighted by Crippen LogP contribution is 2.35. The van der Waals surface area contributed by atoms with E-state index >= 15 is 0 Å². The fourth-order valence-corrected chi connectivity index (χ4v) is 3.84. The predicted octanol–water partition coefficient (Wildman–Crippen LogP) is 3.05. The molecular weight excluding hydrogens is 360 g/mol. The third-order valence-electron chi connectivity index (χ3n) is 5.32. The lowest BCUT2D eigenvalue weighted by Gasteiger charge is -2.20. The van der Waals surface area contributed by atoms with E-state index in [4.69, 9.17) is 23.7 Å². The average Bonchev–Trinajstić information content (AvgIpc) is 3.07. The number of hydrogen-bond donors (Lipinski definition) is 0. The monoisotopic (exact) mass is 384 g/mol. The number of fused-ring (bicyclic) bond motifs is 1. The number of methoxy groups -OCH3 is 2. The molecule has 0 aromatic heterocycles. The van der Waals surface area contributed by atoms with Gasteiger partial charge in [0.2, 0.25) is 0 Å². The number of benzene rings is 2. The van der Waals surface area contributed by atoms with Crippen LogP contribution in [0.4, 0.5) is 0 Å². The highest BCUT2D eigenvalue weighted by Gasteiger charge is 2.37. The molecule has 1 saturated heterocycles. The highest BCUT2D eigenvalue weighted by atomic mass is 16.6. The summed E-state index contributed by atoms with van der Waals surface area (Å²) in [6, 6.07) is 11.7. The quantitative estimate of drug-likeness (QED) is 0.714. The highest BCUT2D eigenvalue weighted by molar-refractivity contribution is 5.75. The van der Waals surface area contributed by atoms with Gasteiger partial charge in [-0.1, -0.05) is 12.1 Å². The van der Waals surface area contributed by atoms with Crippen LogP contribution in [0.15, 0.2) is 36.4 Å². The van der Waals surface area contributed by atoms with Gasteiger partial charge in [-0.05, 0) is 48.2 Å². The van der Waals surface area contributed by atoms with Crippen molar-refractivity contribution in [3.63, 3.8) is 0 Å². The minimum Gasteiger partial charge on any atom is -0.493 e. The molecule has 6 heteroatoms. The molecular formula is C22H24O6. The van der Waals surface area contributed by atoms with E-state index in [9.17, 15) is 4.79 Å². The largest absolute Gasteiger partial charge is 0.493 e. The van der Waals surface area contributed by atoms with Crippen LogP contribution >= 0.6 is 0 Å². The van der Waals surface area contributed by atoms with Crippen LogP contribution in [-0.2, 0) is 22.4 Å². The fraction of sp³-hybridized carbons (Fsp3) is 0.409. The van der Waals surface area contributed by atoms with E-state index in [1.165, 1.54) is 0 Å². The summed E-state index contributed by atoms with van der Waals surface area (Å²) in [6.45, 7) is 1.57. The van der Waals surface area contributed by atoms with Crippen molar-refractivity contribution in [1.82, 2.24) is 0 Å². The van der Waals surface area contributed by atoms with Crippen molar-refractivity contribution in [2.24, 2.45) is 11.8 Å². The number of esters is 1. The van der Waals surface area contributed by atoms with E-state index in [0.717, 1.165) is 29.0 Å². The molecule has 2 aliphatic heterocycles. The van der Waals surface area contributed by atoms with Crippen LogP contribution in [0.5, 0.6) is 23.0 Å². The van der Waals surface area contributed by atoms with Gasteiger partial charge in [0.25, 0.3) is 0 Å². The van der Waals surface area contributed by atoms with Crippen LogP contribution in [-0.4, -0.2) is 40.0 Å². The van der Waals surface area contributed by atoms with Gasteiger partial charge < -0.3 is 23.7 Å². The number of hydrogen-bond acceptors (Lipinski definition) is 6. The zero-order valence-electron chi connectivity index (χ0n) is 16.1. The van der Waals surface area contributed by atoms with Crippen molar-refractivity contribution in [3.05, 3.63) is 47.5 Å². The van der Waals surface area contributed by atoms with Crippen LogP contribution in [0.2, 0.25) is 0 Å². The van der Waals surface area contributed by atoms with Gasteiger partial charge in [-0.3, -0.25) is 4.79 Å². The number of carbonyl (C=O) groups excluding carboxylic acids is 1. The average molecular weight is 384 g/mol. The summed E-state index contributed by atoms with van der Waals surface area (Å²) in [7, 11) is 3.21. The summed E-state index contributed by atoms with van der Waals surface area (Å²) in [5.41, 5.74) is 2.14. The van der Waals surface area contributed by atoms with Gasteiger partial charge in [0.15, 0.2) is 23.0 Å². The second-order valence-electron chi connectivity index (χ2n) is 7.07. The van der Waals surface area contributed by atoms with Crippen LogP contribution < -0.4 is 18.9 Å². The summed E-state index contributed by atoms with van der Waals surface area (Å²) < 4.78 is 27.3. The molecule has 2 heterocycles. The van der Waals surface area contributed by atoms with Crippen molar-refractivity contribution < 1.29 is 28.5 Å². The van der Waals surface area contributed by atoms with E-state index in [2.05, 4.69) is 0 Å². The normalized spacial score (nSPS) is 20.6. The molecule has 0 spiro atoms. The zero-order chi connectivity index (χ0) is 19.5. The first kappa shape index (κ1) is 18.5. The Labute approximate surface area is 164 Å². The van der Waals surface area contributed by atoms with Gasteiger partial charge in [0.1, 0.15) is 13.2 Å². The van der Waals surface area contributed by atoms with E-state index in [0.29, 0.717) is 37.7 Å². The van der Waals surface area contributed by atoms with Crippen molar-refractivity contribution >= 4 is 5.97 Å². The molecule has 0 saturated carbocycles. The molecule has 0 amide bonds. The molecule has 2 aromatic rings. The van der Waals surface area contributed by atoms with Crippen LogP contribution in [0.1, 0.15) is 11.1 Å². The van der Waals surface area contributed by atoms with Crippen LogP contribution in [0.25, 0.3) is 0 Å². The number of ether oxygens (including phenoxy) is 5. The lowest BCUT2D eigenvalue weighted by molar-refractivity contribution is -0.141. The number of cyclic esters (lactones) is 1. The van der Waals surface area contributed by atoms with E-state index < -0.39 is 0 Å². The Bertz CT molecular complexity index is 862. The minimum atomic E-state index is -0.189. The summed E-state index contributed by atoms with van der Waals surface area (Å²) in [6.07, 6.45) is 1.36. The molecule has 2 aliphatic rings. The topological polar surface area (TPSA) is 63.2 Å². The second-order valence-corrected chi connectivity index (χ2v) is 7.07. The lowest BCUT2D eigenvalue weighted by atomic mass is 9.85. The van der Waals surface area contributed by atoms with E-state index in [1.807, 2.05) is 36.4 Å². The molecule has 2 atom stereocenters. The summed E-state index contributed by atoms with van der Waals surface area (Å²) in [5.74, 6) is 2.66. The first-order chi connectivity index (χ1) is 13.7. The molecule has 6 nitrogen and oxygen atoms in total. The van der Waals surface area contributed by atoms with Crippen molar-refractivity contribution in [2.45, 2.75) is 12.8 Å². The third kappa shape index (κ3) is 3.72. The Kier molecular flexibility index (Phi) is 5.28. The van der Waals surface area contributed by atoms with Crippen LogP contribution in [0, 0.1) is 11.8 Å². The Morgan fingerprint density at radius 1 is 0.857 bits per heavy atom. The molecule has 2 unspecified atom stereocenters. The molecule has 0 radical (unpaired) electrons. The summed E-state index contributed by atoms with van der Waals surface area (Å²) in [5, 5.41) is 0. The SMILES string of the molecule is COc1ccc(CC2C(=O)OCC2Cc2ccc3c(c2)OCCO3)cc1OC. The Morgan fingerprint density at radius 2 is 1.57 bits per heavy atom. The first-order valence-electron chi connectivity index (χ1n) is 9.44. The maximum absolute atomic E-state index is 12.4. The fourth-order valence-electron chi connectivity index (χ4n) is 3.84. The smallest absolute Gasteiger partial charge is 0.309 e. The molecule has 0 bridgehead atoms. The Morgan fingerprint density at radius 3 is 2.36 bits per heavy atom. The van der Waals surface area contributed by atoms with Crippen LogP contribution in [0.3, 0.4) is 0 Å². The first-order valence-corrected chi connectivity index (χ1v) is 9.44. The van der Waals surface area contributed by atoms with Crippen molar-refractivity contribution in [2.75, 3.05) is 34.0 Å². The number of rotatable bonds is 6. The second kappa shape index (κ2) is 8.00. The molecule has 4 rings (SSSR count).